The molecule has 1 saturated heterocycles. The maximum atomic E-state index is 12.8. The second-order valence-corrected chi connectivity index (χ2v) is 6.34. The summed E-state index contributed by atoms with van der Waals surface area (Å²) in [6, 6.07) is 14.5. The van der Waals surface area contributed by atoms with Crippen LogP contribution in [0.1, 0.15) is 39.9 Å². The Morgan fingerprint density at radius 3 is 2.57 bits per heavy atom. The molecule has 1 aliphatic heterocycles. The number of nitrogens with one attached hydrogen (secondary N) is 1. The van der Waals surface area contributed by atoms with Crippen molar-refractivity contribution in [1.29, 1.82) is 0 Å². The molecule has 0 atom stereocenters. The quantitative estimate of drug-likeness (QED) is 0.920. The number of carbonyl (C=O) groups is 1. The van der Waals surface area contributed by atoms with Gasteiger partial charge in [0.2, 0.25) is 0 Å². The highest BCUT2D eigenvalue weighted by atomic mass is 16.2. The van der Waals surface area contributed by atoms with Gasteiger partial charge in [-0.25, -0.2) is 0 Å². The monoisotopic (exact) mass is 308 g/mol. The number of benzene rings is 2. The zero-order valence-electron chi connectivity index (χ0n) is 13.9. The van der Waals surface area contributed by atoms with E-state index in [1.54, 1.807) is 0 Å². The summed E-state index contributed by atoms with van der Waals surface area (Å²) in [5.74, 6) is 0.160. The molecule has 1 fully saturated rings. The Balaban J connectivity index is 1.81. The predicted octanol–water partition coefficient (Wildman–Crippen LogP) is 4.15. The molecule has 3 nitrogen and oxygen atoms in total. The standard InChI is InChI=1S/C20H24N2O/c1-15-7-5-9-17(13-15)14-21-18-10-6-8-16(2)19(18)20(23)22-11-3-4-12-22/h5-10,13,21H,3-4,11-12,14H2,1-2H3. The maximum absolute atomic E-state index is 12.8. The highest BCUT2D eigenvalue weighted by Crippen LogP contribution is 2.24. The van der Waals surface area contributed by atoms with Crippen molar-refractivity contribution in [2.45, 2.75) is 33.2 Å². The fourth-order valence-electron chi connectivity index (χ4n) is 3.20. The van der Waals surface area contributed by atoms with Crippen LogP contribution in [0.5, 0.6) is 0 Å². The van der Waals surface area contributed by atoms with Crippen LogP contribution in [0.3, 0.4) is 0 Å². The zero-order chi connectivity index (χ0) is 16.2. The number of anilines is 1. The van der Waals surface area contributed by atoms with Gasteiger partial charge in [0.05, 0.1) is 5.56 Å². The molecule has 1 N–H and O–H groups in total. The molecule has 2 aromatic carbocycles. The van der Waals surface area contributed by atoms with Crippen LogP contribution in [0.25, 0.3) is 0 Å². The molecule has 0 unspecified atom stereocenters. The summed E-state index contributed by atoms with van der Waals surface area (Å²) in [5, 5.41) is 3.45. The molecule has 0 spiro atoms. The van der Waals surface area contributed by atoms with Gasteiger partial charge >= 0.3 is 0 Å². The molecule has 0 aromatic heterocycles. The van der Waals surface area contributed by atoms with Crippen LogP contribution in [0, 0.1) is 13.8 Å². The maximum Gasteiger partial charge on any atom is 0.256 e. The Morgan fingerprint density at radius 2 is 1.83 bits per heavy atom. The van der Waals surface area contributed by atoms with Crippen molar-refractivity contribution >= 4 is 11.6 Å². The molecule has 1 aliphatic rings. The summed E-state index contributed by atoms with van der Waals surface area (Å²) >= 11 is 0. The average Bonchev–Trinajstić information content (AvgIpc) is 3.07. The molecule has 3 heteroatoms. The number of likely N-dealkylation sites (tertiary alicyclic amines) is 1. The van der Waals surface area contributed by atoms with Gasteiger partial charge in [-0.1, -0.05) is 42.0 Å². The minimum absolute atomic E-state index is 0.160. The Hall–Kier alpha value is -2.29. The second kappa shape index (κ2) is 6.86. The number of carbonyl (C=O) groups excluding carboxylic acids is 1. The van der Waals surface area contributed by atoms with Crippen molar-refractivity contribution < 1.29 is 4.79 Å². The SMILES string of the molecule is Cc1cccc(CNc2cccc(C)c2C(=O)N2CCCC2)c1. The highest BCUT2D eigenvalue weighted by Gasteiger charge is 2.23. The molecule has 0 radical (unpaired) electrons. The van der Waals surface area contributed by atoms with Gasteiger partial charge in [0.1, 0.15) is 0 Å². The number of hydrogen-bond acceptors (Lipinski definition) is 2. The van der Waals surface area contributed by atoms with Crippen LogP contribution in [0.15, 0.2) is 42.5 Å². The van der Waals surface area contributed by atoms with Gasteiger partial charge in [-0.05, 0) is 43.9 Å². The number of hydrogen-bond donors (Lipinski definition) is 1. The summed E-state index contributed by atoms with van der Waals surface area (Å²) < 4.78 is 0. The van der Waals surface area contributed by atoms with Crippen molar-refractivity contribution in [1.82, 2.24) is 4.90 Å². The van der Waals surface area contributed by atoms with E-state index >= 15 is 0 Å². The minimum Gasteiger partial charge on any atom is -0.380 e. The number of amides is 1. The molecule has 1 amide bonds. The smallest absolute Gasteiger partial charge is 0.256 e. The van der Waals surface area contributed by atoms with Gasteiger partial charge in [-0.2, -0.15) is 0 Å². The van der Waals surface area contributed by atoms with E-state index in [4.69, 9.17) is 0 Å². The van der Waals surface area contributed by atoms with Gasteiger partial charge in [0.25, 0.3) is 5.91 Å². The summed E-state index contributed by atoms with van der Waals surface area (Å²) in [6.07, 6.45) is 2.23. The predicted molar refractivity (Wildman–Crippen MR) is 94.8 cm³/mol. The lowest BCUT2D eigenvalue weighted by atomic mass is 10.0. The van der Waals surface area contributed by atoms with Crippen LogP contribution in [0.4, 0.5) is 5.69 Å². The van der Waals surface area contributed by atoms with E-state index in [0.29, 0.717) is 0 Å². The normalized spacial score (nSPS) is 14.1. The van der Waals surface area contributed by atoms with Gasteiger partial charge in [0, 0.05) is 25.3 Å². The molecule has 120 valence electrons. The van der Waals surface area contributed by atoms with Gasteiger partial charge in [-0.3, -0.25) is 4.79 Å². The van der Waals surface area contributed by atoms with Crippen molar-refractivity contribution in [3.8, 4) is 0 Å². The van der Waals surface area contributed by atoms with Crippen molar-refractivity contribution in [2.24, 2.45) is 0 Å². The zero-order valence-corrected chi connectivity index (χ0v) is 13.9. The molecular formula is C20H24N2O. The average molecular weight is 308 g/mol. The Kier molecular flexibility index (Phi) is 4.65. The lowest BCUT2D eigenvalue weighted by Crippen LogP contribution is -2.29. The largest absolute Gasteiger partial charge is 0.380 e. The third-order valence-corrected chi connectivity index (χ3v) is 4.45. The minimum atomic E-state index is 0.160. The topological polar surface area (TPSA) is 32.3 Å². The second-order valence-electron chi connectivity index (χ2n) is 6.34. The molecule has 0 aliphatic carbocycles. The van der Waals surface area contributed by atoms with E-state index in [9.17, 15) is 4.79 Å². The van der Waals surface area contributed by atoms with Crippen LogP contribution in [0.2, 0.25) is 0 Å². The molecule has 0 saturated carbocycles. The number of rotatable bonds is 4. The van der Waals surface area contributed by atoms with E-state index in [2.05, 4.69) is 36.5 Å². The van der Waals surface area contributed by atoms with Crippen molar-refractivity contribution in [3.05, 3.63) is 64.7 Å². The van der Waals surface area contributed by atoms with Gasteiger partial charge in [0.15, 0.2) is 0 Å². The van der Waals surface area contributed by atoms with E-state index in [0.717, 1.165) is 49.3 Å². The molecule has 3 rings (SSSR count). The van der Waals surface area contributed by atoms with Gasteiger partial charge in [-0.15, -0.1) is 0 Å². The Bertz CT molecular complexity index is 703. The molecule has 2 aromatic rings. The summed E-state index contributed by atoms with van der Waals surface area (Å²) in [7, 11) is 0. The fourth-order valence-corrected chi connectivity index (χ4v) is 3.20. The van der Waals surface area contributed by atoms with Crippen LogP contribution in [-0.2, 0) is 6.54 Å². The molecule has 1 heterocycles. The molecule has 0 bridgehead atoms. The summed E-state index contributed by atoms with van der Waals surface area (Å²) in [5.41, 5.74) is 5.27. The number of aryl methyl sites for hydroxylation is 2. The fraction of sp³-hybridized carbons (Fsp3) is 0.350. The van der Waals surface area contributed by atoms with Gasteiger partial charge < -0.3 is 10.2 Å². The third kappa shape index (κ3) is 3.55. The first-order valence-electron chi connectivity index (χ1n) is 8.33. The lowest BCUT2D eigenvalue weighted by Gasteiger charge is -2.20. The van der Waals surface area contributed by atoms with Crippen molar-refractivity contribution in [3.63, 3.8) is 0 Å². The van der Waals surface area contributed by atoms with E-state index in [1.807, 2.05) is 30.0 Å². The summed E-state index contributed by atoms with van der Waals surface area (Å²) in [4.78, 5) is 14.8. The molecular weight excluding hydrogens is 284 g/mol. The Labute approximate surface area is 138 Å². The summed E-state index contributed by atoms with van der Waals surface area (Å²) in [6.45, 7) is 6.60. The van der Waals surface area contributed by atoms with E-state index in [1.165, 1.54) is 11.1 Å². The first kappa shape index (κ1) is 15.6. The lowest BCUT2D eigenvalue weighted by molar-refractivity contribution is 0.0793. The van der Waals surface area contributed by atoms with E-state index < -0.39 is 0 Å². The first-order valence-corrected chi connectivity index (χ1v) is 8.33. The van der Waals surface area contributed by atoms with Crippen LogP contribution in [-0.4, -0.2) is 23.9 Å². The highest BCUT2D eigenvalue weighted by molar-refractivity contribution is 6.01. The molecule has 23 heavy (non-hydrogen) atoms. The van der Waals surface area contributed by atoms with Crippen molar-refractivity contribution in [2.75, 3.05) is 18.4 Å². The first-order chi connectivity index (χ1) is 11.1. The number of nitrogens with zero attached hydrogens (tertiary/aromatic N) is 1. The third-order valence-electron chi connectivity index (χ3n) is 4.45. The van der Waals surface area contributed by atoms with E-state index in [-0.39, 0.29) is 5.91 Å². The van der Waals surface area contributed by atoms with Crippen LogP contribution < -0.4 is 5.32 Å². The Morgan fingerprint density at radius 1 is 1.09 bits per heavy atom. The van der Waals surface area contributed by atoms with Crippen LogP contribution >= 0.6 is 0 Å².